The van der Waals surface area contributed by atoms with Gasteiger partial charge < -0.3 is 4.90 Å². The molecule has 9 heteroatoms. The molecule has 0 aromatic heterocycles. The summed E-state index contributed by atoms with van der Waals surface area (Å²) in [5.41, 5.74) is -0.129. The molecule has 2 heterocycles. The molecule has 0 unspecified atom stereocenters. The van der Waals surface area contributed by atoms with Crippen LogP contribution in [0, 0.1) is 5.41 Å². The summed E-state index contributed by atoms with van der Waals surface area (Å²) in [5, 5.41) is 1.06. The Morgan fingerprint density at radius 2 is 1.84 bits per heavy atom. The van der Waals surface area contributed by atoms with E-state index in [4.69, 9.17) is 23.2 Å². The normalized spacial score (nSPS) is 26.9. The number of nitrogens with zero attached hydrogens (tertiary/aromatic N) is 2. The van der Waals surface area contributed by atoms with E-state index in [1.807, 2.05) is 0 Å². The van der Waals surface area contributed by atoms with Crippen molar-refractivity contribution in [3.8, 4) is 0 Å². The Labute approximate surface area is 161 Å². The van der Waals surface area contributed by atoms with E-state index >= 15 is 0 Å². The molecule has 2 aliphatic rings. The van der Waals surface area contributed by atoms with Crippen LogP contribution < -0.4 is 4.90 Å². The number of rotatable bonds is 1. The first-order chi connectivity index (χ1) is 11.5. The van der Waals surface area contributed by atoms with Gasteiger partial charge >= 0.3 is 0 Å². The van der Waals surface area contributed by atoms with Crippen LogP contribution in [0.4, 0.5) is 5.69 Å². The topological polar surface area (TPSA) is 66.8 Å². The van der Waals surface area contributed by atoms with E-state index in [-0.39, 0.29) is 28.7 Å². The van der Waals surface area contributed by atoms with Crippen LogP contribution in [-0.4, -0.2) is 42.3 Å². The van der Waals surface area contributed by atoms with Crippen molar-refractivity contribution in [3.05, 3.63) is 28.2 Å². The number of halogens is 2. The minimum absolute atomic E-state index is 0.00501. The number of aliphatic imine (C=N–C) groups is 1. The Morgan fingerprint density at radius 1 is 1.24 bits per heavy atom. The number of anilines is 1. The van der Waals surface area contributed by atoms with Gasteiger partial charge in [-0.2, -0.15) is 4.99 Å². The largest absolute Gasteiger partial charge is 0.313 e. The van der Waals surface area contributed by atoms with Gasteiger partial charge in [-0.1, -0.05) is 61.8 Å². The van der Waals surface area contributed by atoms with E-state index in [9.17, 15) is 13.2 Å². The molecule has 0 saturated carbocycles. The Kier molecular flexibility index (Phi) is 4.90. The molecule has 1 aromatic rings. The average molecular weight is 421 g/mol. The van der Waals surface area contributed by atoms with Crippen LogP contribution in [0.2, 0.25) is 10.0 Å². The highest BCUT2D eigenvalue weighted by Crippen LogP contribution is 2.45. The predicted molar refractivity (Wildman–Crippen MR) is 105 cm³/mol. The summed E-state index contributed by atoms with van der Waals surface area (Å²) >= 11 is 14.0. The number of fused-ring (bicyclic) bond motifs is 1. The van der Waals surface area contributed by atoms with Crippen LogP contribution in [0.15, 0.2) is 23.2 Å². The number of benzene rings is 1. The van der Waals surface area contributed by atoms with Crippen molar-refractivity contribution < 1.29 is 13.2 Å². The molecule has 1 aromatic carbocycles. The van der Waals surface area contributed by atoms with Crippen LogP contribution >= 0.6 is 35.0 Å². The van der Waals surface area contributed by atoms with Gasteiger partial charge in [0.1, 0.15) is 0 Å². The molecule has 2 fully saturated rings. The first-order valence-corrected chi connectivity index (χ1v) is 11.2. The minimum atomic E-state index is -3.14. The van der Waals surface area contributed by atoms with Crippen molar-refractivity contribution in [1.82, 2.24) is 0 Å². The van der Waals surface area contributed by atoms with E-state index in [1.54, 1.807) is 43.9 Å². The molecule has 2 saturated heterocycles. The minimum Gasteiger partial charge on any atom is -0.313 e. The second kappa shape index (κ2) is 6.44. The molecule has 1 amide bonds. The monoisotopic (exact) mass is 420 g/mol. The van der Waals surface area contributed by atoms with Gasteiger partial charge in [0, 0.05) is 10.7 Å². The molecule has 0 spiro atoms. The molecule has 25 heavy (non-hydrogen) atoms. The Balaban J connectivity index is 2.11. The van der Waals surface area contributed by atoms with Gasteiger partial charge in [-0.15, -0.1) is 0 Å². The summed E-state index contributed by atoms with van der Waals surface area (Å²) in [4.78, 5) is 18.4. The summed E-state index contributed by atoms with van der Waals surface area (Å²) in [6.45, 7) is 5.37. The Morgan fingerprint density at radius 3 is 2.40 bits per heavy atom. The Bertz CT molecular complexity index is 842. The van der Waals surface area contributed by atoms with Crippen molar-refractivity contribution in [3.63, 3.8) is 0 Å². The maximum Gasteiger partial charge on any atom is 0.253 e. The first kappa shape index (κ1) is 19.0. The number of sulfone groups is 1. The van der Waals surface area contributed by atoms with E-state index < -0.39 is 15.3 Å². The molecule has 0 N–H and O–H groups in total. The summed E-state index contributed by atoms with van der Waals surface area (Å²) in [6, 6.07) is 4.76. The molecule has 0 aliphatic carbocycles. The number of hydrogen-bond acceptors (Lipinski definition) is 4. The highest BCUT2D eigenvalue weighted by atomic mass is 35.5. The van der Waals surface area contributed by atoms with Gasteiger partial charge in [0.05, 0.1) is 33.3 Å². The third kappa shape index (κ3) is 3.70. The number of para-hydroxylation sites is 1. The number of thioether (sulfide) groups is 1. The summed E-state index contributed by atoms with van der Waals surface area (Å²) in [7, 11) is -3.14. The zero-order valence-electron chi connectivity index (χ0n) is 14.0. The molecule has 2 aliphatic heterocycles. The Hall–Kier alpha value is -0.760. The van der Waals surface area contributed by atoms with E-state index in [0.717, 1.165) is 0 Å². The van der Waals surface area contributed by atoms with Gasteiger partial charge in [0.25, 0.3) is 5.91 Å². The van der Waals surface area contributed by atoms with Crippen molar-refractivity contribution >= 4 is 61.6 Å². The van der Waals surface area contributed by atoms with Crippen LogP contribution in [0.1, 0.15) is 20.8 Å². The van der Waals surface area contributed by atoms with E-state index in [0.29, 0.717) is 20.9 Å². The molecule has 0 bridgehead atoms. The zero-order valence-corrected chi connectivity index (χ0v) is 17.1. The van der Waals surface area contributed by atoms with Crippen molar-refractivity contribution in [2.24, 2.45) is 10.4 Å². The maximum atomic E-state index is 12.4. The molecule has 136 valence electrons. The van der Waals surface area contributed by atoms with Crippen molar-refractivity contribution in [2.75, 3.05) is 16.4 Å². The van der Waals surface area contributed by atoms with Gasteiger partial charge in [-0.05, 0) is 12.1 Å². The molecular weight excluding hydrogens is 403 g/mol. The number of amidine groups is 1. The summed E-state index contributed by atoms with van der Waals surface area (Å²) in [6.07, 6.45) is 0. The number of carbonyl (C=O) groups is 1. The lowest BCUT2D eigenvalue weighted by molar-refractivity contribution is -0.124. The van der Waals surface area contributed by atoms with E-state index in [1.165, 1.54) is 11.8 Å². The lowest BCUT2D eigenvalue weighted by atomic mass is 9.96. The molecule has 5 nitrogen and oxygen atoms in total. The third-order valence-electron chi connectivity index (χ3n) is 4.08. The fraction of sp³-hybridized carbons (Fsp3) is 0.500. The maximum absolute atomic E-state index is 12.4. The van der Waals surface area contributed by atoms with Crippen LogP contribution in [0.25, 0.3) is 0 Å². The lowest BCUT2D eigenvalue weighted by Crippen LogP contribution is -2.38. The summed E-state index contributed by atoms with van der Waals surface area (Å²) < 4.78 is 24.1. The lowest BCUT2D eigenvalue weighted by Gasteiger charge is -2.27. The fourth-order valence-corrected chi connectivity index (χ4v) is 7.28. The van der Waals surface area contributed by atoms with E-state index in [2.05, 4.69) is 4.99 Å². The smallest absolute Gasteiger partial charge is 0.253 e. The van der Waals surface area contributed by atoms with Gasteiger partial charge in [0.15, 0.2) is 15.0 Å². The first-order valence-electron chi connectivity index (χ1n) is 7.73. The number of amides is 1. The highest BCUT2D eigenvalue weighted by molar-refractivity contribution is 8.16. The molecule has 3 rings (SSSR count). The highest BCUT2D eigenvalue weighted by Gasteiger charge is 2.50. The molecular formula is C16H18Cl2N2O3S2. The van der Waals surface area contributed by atoms with Crippen LogP contribution in [0.5, 0.6) is 0 Å². The second-order valence-electron chi connectivity index (χ2n) is 7.19. The van der Waals surface area contributed by atoms with Crippen molar-refractivity contribution in [1.29, 1.82) is 0 Å². The number of hydrogen-bond donors (Lipinski definition) is 0. The van der Waals surface area contributed by atoms with Crippen molar-refractivity contribution in [2.45, 2.75) is 32.1 Å². The zero-order chi connectivity index (χ0) is 18.6. The second-order valence-corrected chi connectivity index (χ2v) is 11.4. The fourth-order valence-electron chi connectivity index (χ4n) is 2.80. The van der Waals surface area contributed by atoms with Gasteiger partial charge in [-0.25, -0.2) is 8.42 Å². The molecule has 0 radical (unpaired) electrons. The SMILES string of the molecule is CC(C)(C)C(=O)N=C1S[C@H]2CS(=O)(=O)C[C@@H]2N1c1c(Cl)cccc1Cl. The standard InChI is InChI=1S/C16H18Cl2N2O3S2/c1-16(2,3)14(21)19-15-20(13-9(17)5-4-6-10(13)18)11-7-25(22,23)8-12(11)24-15/h4-6,11-12H,7-8H2,1-3H3/t11-,12-/m0/s1. The van der Waals surface area contributed by atoms with Gasteiger partial charge in [-0.3, -0.25) is 4.79 Å². The van der Waals surface area contributed by atoms with Crippen LogP contribution in [0.3, 0.4) is 0 Å². The summed E-state index contributed by atoms with van der Waals surface area (Å²) in [5.74, 6) is -0.218. The quantitative estimate of drug-likeness (QED) is 0.693. The average Bonchev–Trinajstić information content (AvgIpc) is 2.90. The van der Waals surface area contributed by atoms with Crippen LogP contribution in [-0.2, 0) is 14.6 Å². The number of carbonyl (C=O) groups excluding carboxylic acids is 1. The molecule has 2 atom stereocenters. The van der Waals surface area contributed by atoms with Gasteiger partial charge in [0.2, 0.25) is 0 Å². The third-order valence-corrected chi connectivity index (χ3v) is 7.90. The predicted octanol–water partition coefficient (Wildman–Crippen LogP) is 3.64.